The van der Waals surface area contributed by atoms with E-state index in [-0.39, 0.29) is 12.1 Å². The highest BCUT2D eigenvalue weighted by Gasteiger charge is 2.27. The number of aromatic nitrogens is 2. The van der Waals surface area contributed by atoms with E-state index in [1.54, 1.807) is 0 Å². The summed E-state index contributed by atoms with van der Waals surface area (Å²) in [7, 11) is 0. The topological polar surface area (TPSA) is 53.1 Å². The van der Waals surface area contributed by atoms with Crippen LogP contribution in [0.4, 0.5) is 0 Å². The molecule has 3 atom stereocenters. The molecule has 3 rings (SSSR count). The molecule has 1 saturated heterocycles. The zero-order valence-corrected chi connectivity index (χ0v) is 12.7. The third kappa shape index (κ3) is 2.87. The molecule has 0 aliphatic carbocycles. The van der Waals surface area contributed by atoms with Crippen LogP contribution in [0.3, 0.4) is 0 Å². The molecule has 1 aliphatic rings. The van der Waals surface area contributed by atoms with Gasteiger partial charge in [-0.15, -0.1) is 0 Å². The van der Waals surface area contributed by atoms with Crippen molar-refractivity contribution in [3.05, 3.63) is 53.6 Å². The maximum Gasteiger partial charge on any atom is 0.0954 e. The Morgan fingerprint density at radius 3 is 2.76 bits per heavy atom. The highest BCUT2D eigenvalue weighted by atomic mass is 16.5. The number of nitrogens with two attached hydrogens (primary N) is 1. The molecule has 0 amide bonds. The van der Waals surface area contributed by atoms with Crippen molar-refractivity contribution < 1.29 is 4.74 Å². The molecule has 1 fully saturated rings. The molecule has 3 unspecified atom stereocenters. The predicted molar refractivity (Wildman–Crippen MR) is 83.1 cm³/mol. The second-order valence-electron chi connectivity index (χ2n) is 5.96. The summed E-state index contributed by atoms with van der Waals surface area (Å²) >= 11 is 0. The molecule has 0 spiro atoms. The zero-order chi connectivity index (χ0) is 14.8. The Kier molecular flexibility index (Phi) is 4.08. The summed E-state index contributed by atoms with van der Waals surface area (Å²) in [5.41, 5.74) is 10.1. The number of hydrogen-bond acceptors (Lipinski definition) is 3. The molecule has 0 bridgehead atoms. The van der Waals surface area contributed by atoms with Gasteiger partial charge in [0.2, 0.25) is 0 Å². The van der Waals surface area contributed by atoms with Crippen molar-refractivity contribution in [2.45, 2.75) is 32.4 Å². The summed E-state index contributed by atoms with van der Waals surface area (Å²) in [5.74, 6) is 0.394. The van der Waals surface area contributed by atoms with Crippen molar-refractivity contribution >= 4 is 0 Å². The molecule has 4 nitrogen and oxygen atoms in total. The van der Waals surface area contributed by atoms with Gasteiger partial charge in [-0.3, -0.25) is 0 Å². The highest BCUT2D eigenvalue weighted by Crippen LogP contribution is 2.29. The molecule has 2 N–H and O–H groups in total. The first-order valence-electron chi connectivity index (χ1n) is 7.58. The lowest BCUT2D eigenvalue weighted by atomic mass is 9.96. The SMILES string of the molecule is Cc1ccc(C(C)n2cncc2C(N)C2CCOC2)cc1. The normalized spacial score (nSPS) is 21.4. The van der Waals surface area contributed by atoms with E-state index >= 15 is 0 Å². The van der Waals surface area contributed by atoms with E-state index in [1.807, 2.05) is 12.5 Å². The first-order chi connectivity index (χ1) is 10.2. The van der Waals surface area contributed by atoms with Crippen LogP contribution in [0.25, 0.3) is 0 Å². The first-order valence-corrected chi connectivity index (χ1v) is 7.58. The number of rotatable bonds is 4. The minimum absolute atomic E-state index is 0.0112. The fourth-order valence-corrected chi connectivity index (χ4v) is 2.98. The third-order valence-electron chi connectivity index (χ3n) is 4.49. The molecule has 1 aromatic carbocycles. The fraction of sp³-hybridized carbons (Fsp3) is 0.471. The smallest absolute Gasteiger partial charge is 0.0954 e. The minimum atomic E-state index is -0.0112. The number of ether oxygens (including phenoxy) is 1. The highest BCUT2D eigenvalue weighted by molar-refractivity contribution is 5.25. The molecule has 2 heterocycles. The van der Waals surface area contributed by atoms with Gasteiger partial charge >= 0.3 is 0 Å². The largest absolute Gasteiger partial charge is 0.381 e. The molecule has 1 aromatic heterocycles. The van der Waals surface area contributed by atoms with Gasteiger partial charge in [-0.05, 0) is 25.8 Å². The Labute approximate surface area is 125 Å². The van der Waals surface area contributed by atoms with Crippen molar-refractivity contribution in [2.75, 3.05) is 13.2 Å². The molecule has 0 saturated carbocycles. The van der Waals surface area contributed by atoms with Gasteiger partial charge in [0.1, 0.15) is 0 Å². The summed E-state index contributed by atoms with van der Waals surface area (Å²) in [4.78, 5) is 4.32. The van der Waals surface area contributed by atoms with Crippen molar-refractivity contribution in [3.63, 3.8) is 0 Å². The molecular weight excluding hydrogens is 262 g/mol. The Balaban J connectivity index is 1.85. The van der Waals surface area contributed by atoms with Gasteiger partial charge in [0.25, 0.3) is 0 Å². The van der Waals surface area contributed by atoms with E-state index in [1.165, 1.54) is 11.1 Å². The number of hydrogen-bond donors (Lipinski definition) is 1. The lowest BCUT2D eigenvalue weighted by molar-refractivity contribution is 0.180. The fourth-order valence-electron chi connectivity index (χ4n) is 2.98. The lowest BCUT2D eigenvalue weighted by Gasteiger charge is -2.23. The Hall–Kier alpha value is -1.65. The Morgan fingerprint density at radius 1 is 1.33 bits per heavy atom. The molecule has 2 aromatic rings. The van der Waals surface area contributed by atoms with Crippen LogP contribution < -0.4 is 5.73 Å². The van der Waals surface area contributed by atoms with Crippen molar-refractivity contribution in [3.8, 4) is 0 Å². The van der Waals surface area contributed by atoms with Crippen LogP contribution in [0.5, 0.6) is 0 Å². The summed E-state index contributed by atoms with van der Waals surface area (Å²) in [5, 5.41) is 0. The minimum Gasteiger partial charge on any atom is -0.381 e. The number of nitrogens with zero attached hydrogens (tertiary/aromatic N) is 2. The van der Waals surface area contributed by atoms with Gasteiger partial charge in [-0.1, -0.05) is 29.8 Å². The van der Waals surface area contributed by atoms with Crippen LogP contribution in [0.15, 0.2) is 36.8 Å². The van der Waals surface area contributed by atoms with E-state index in [0.29, 0.717) is 5.92 Å². The average Bonchev–Trinajstić information content (AvgIpc) is 3.18. The molecule has 4 heteroatoms. The summed E-state index contributed by atoms with van der Waals surface area (Å²) in [6.45, 7) is 5.87. The number of benzene rings is 1. The van der Waals surface area contributed by atoms with Gasteiger partial charge in [-0.2, -0.15) is 0 Å². The zero-order valence-electron chi connectivity index (χ0n) is 12.7. The van der Waals surface area contributed by atoms with E-state index in [0.717, 1.165) is 25.3 Å². The number of imidazole rings is 1. The quantitative estimate of drug-likeness (QED) is 0.939. The van der Waals surface area contributed by atoms with E-state index in [9.17, 15) is 0 Å². The summed E-state index contributed by atoms with van der Waals surface area (Å²) in [6, 6.07) is 8.86. The van der Waals surface area contributed by atoms with Gasteiger partial charge < -0.3 is 15.0 Å². The van der Waals surface area contributed by atoms with Gasteiger partial charge in [0, 0.05) is 18.7 Å². The molecule has 1 aliphatic heterocycles. The van der Waals surface area contributed by atoms with Gasteiger partial charge in [0.05, 0.1) is 30.7 Å². The van der Waals surface area contributed by atoms with Crippen LogP contribution in [-0.2, 0) is 4.74 Å². The molecular formula is C17H23N3O. The third-order valence-corrected chi connectivity index (χ3v) is 4.49. The van der Waals surface area contributed by atoms with Gasteiger partial charge in [-0.25, -0.2) is 4.98 Å². The van der Waals surface area contributed by atoms with Crippen molar-refractivity contribution in [2.24, 2.45) is 11.7 Å². The second-order valence-corrected chi connectivity index (χ2v) is 5.96. The van der Waals surface area contributed by atoms with Crippen LogP contribution in [0, 0.1) is 12.8 Å². The van der Waals surface area contributed by atoms with E-state index in [2.05, 4.69) is 47.7 Å². The monoisotopic (exact) mass is 285 g/mol. The maximum atomic E-state index is 6.44. The van der Waals surface area contributed by atoms with Gasteiger partial charge in [0.15, 0.2) is 0 Å². The van der Waals surface area contributed by atoms with Crippen LogP contribution in [0.2, 0.25) is 0 Å². The van der Waals surface area contributed by atoms with Crippen molar-refractivity contribution in [1.82, 2.24) is 9.55 Å². The average molecular weight is 285 g/mol. The standard InChI is InChI=1S/C17H23N3O/c1-12-3-5-14(6-4-12)13(2)20-11-19-9-16(20)17(18)15-7-8-21-10-15/h3-6,9,11,13,15,17H,7-8,10,18H2,1-2H3. The Morgan fingerprint density at radius 2 is 2.10 bits per heavy atom. The second kappa shape index (κ2) is 6.00. The van der Waals surface area contributed by atoms with E-state index in [4.69, 9.17) is 10.5 Å². The lowest BCUT2D eigenvalue weighted by Crippen LogP contribution is -2.25. The summed E-state index contributed by atoms with van der Waals surface area (Å²) in [6.07, 6.45) is 4.81. The molecule has 21 heavy (non-hydrogen) atoms. The maximum absolute atomic E-state index is 6.44. The predicted octanol–water partition coefficient (Wildman–Crippen LogP) is 2.84. The summed E-state index contributed by atoms with van der Waals surface area (Å²) < 4.78 is 7.65. The Bertz CT molecular complexity index is 584. The van der Waals surface area contributed by atoms with Crippen LogP contribution in [0.1, 0.15) is 42.2 Å². The molecule has 112 valence electrons. The first kappa shape index (κ1) is 14.3. The van der Waals surface area contributed by atoms with Crippen LogP contribution in [-0.4, -0.2) is 22.8 Å². The van der Waals surface area contributed by atoms with Crippen molar-refractivity contribution in [1.29, 1.82) is 0 Å². The molecule has 0 radical (unpaired) electrons. The number of aryl methyl sites for hydroxylation is 1. The van der Waals surface area contributed by atoms with Crippen LogP contribution >= 0.6 is 0 Å². The van der Waals surface area contributed by atoms with E-state index < -0.39 is 0 Å².